The number of benzene rings is 3. The first kappa shape index (κ1) is 19.8. The third-order valence-electron chi connectivity index (χ3n) is 4.47. The van der Waals surface area contributed by atoms with Gasteiger partial charge in [0.25, 0.3) is 11.5 Å². The molecule has 0 atom stereocenters. The zero-order valence-electron chi connectivity index (χ0n) is 15.9. The summed E-state index contributed by atoms with van der Waals surface area (Å²) in [4.78, 5) is 25.8. The minimum Gasteiger partial charge on any atom is -0.492 e. The summed E-state index contributed by atoms with van der Waals surface area (Å²) in [6.07, 6.45) is 0. The van der Waals surface area contributed by atoms with E-state index >= 15 is 0 Å². The van der Waals surface area contributed by atoms with Crippen LogP contribution in [0.2, 0.25) is 0 Å². The number of nitrogens with zero attached hydrogens (tertiary/aromatic N) is 2. The molecule has 0 fully saturated rings. The van der Waals surface area contributed by atoms with E-state index in [2.05, 4.69) is 26.3 Å². The van der Waals surface area contributed by atoms with E-state index < -0.39 is 0 Å². The minimum absolute atomic E-state index is 0.191. The van der Waals surface area contributed by atoms with Crippen molar-refractivity contribution in [2.75, 3.05) is 13.2 Å². The van der Waals surface area contributed by atoms with Gasteiger partial charge in [0.05, 0.1) is 17.6 Å². The highest BCUT2D eigenvalue weighted by molar-refractivity contribution is 9.10. The summed E-state index contributed by atoms with van der Waals surface area (Å²) >= 11 is 3.39. The molecule has 1 heterocycles. The van der Waals surface area contributed by atoms with Gasteiger partial charge in [0.15, 0.2) is 5.69 Å². The van der Waals surface area contributed by atoms with Crippen LogP contribution in [0.25, 0.3) is 16.5 Å². The average molecular weight is 464 g/mol. The van der Waals surface area contributed by atoms with Gasteiger partial charge in [-0.05, 0) is 36.4 Å². The number of para-hydroxylation sites is 1. The third-order valence-corrected chi connectivity index (χ3v) is 4.97. The van der Waals surface area contributed by atoms with Crippen LogP contribution in [0.1, 0.15) is 10.5 Å². The van der Waals surface area contributed by atoms with Crippen molar-refractivity contribution in [1.82, 2.24) is 15.1 Å². The molecule has 1 N–H and O–H groups in total. The van der Waals surface area contributed by atoms with E-state index in [0.717, 1.165) is 4.47 Å². The first-order valence-corrected chi connectivity index (χ1v) is 10.2. The normalized spacial score (nSPS) is 10.7. The number of amides is 1. The van der Waals surface area contributed by atoms with E-state index in [-0.39, 0.29) is 17.2 Å². The molecule has 4 aromatic rings. The SMILES string of the molecule is O=C(NCCOc1cccc(Br)c1)c1nn(-c2ccccc2)c(=O)c2ccccc12. The van der Waals surface area contributed by atoms with Gasteiger partial charge < -0.3 is 10.1 Å². The number of carbonyl (C=O) groups is 1. The molecule has 0 aliphatic carbocycles. The van der Waals surface area contributed by atoms with Crippen LogP contribution in [0, 0.1) is 0 Å². The summed E-state index contributed by atoms with van der Waals surface area (Å²) in [5.74, 6) is 0.341. The number of aromatic nitrogens is 2. The van der Waals surface area contributed by atoms with E-state index in [9.17, 15) is 9.59 Å². The zero-order chi connectivity index (χ0) is 20.9. The number of ether oxygens (including phenoxy) is 1. The highest BCUT2D eigenvalue weighted by atomic mass is 79.9. The second kappa shape index (κ2) is 8.92. The summed E-state index contributed by atoms with van der Waals surface area (Å²) in [5.41, 5.74) is 0.517. The van der Waals surface area contributed by atoms with Crippen molar-refractivity contribution in [3.05, 3.63) is 99.4 Å². The molecule has 4 rings (SSSR count). The lowest BCUT2D eigenvalue weighted by atomic mass is 10.1. The Morgan fingerprint density at radius 3 is 2.47 bits per heavy atom. The molecule has 30 heavy (non-hydrogen) atoms. The maximum Gasteiger partial charge on any atom is 0.279 e. The fraction of sp³-hybridized carbons (Fsp3) is 0.0870. The number of hydrogen-bond donors (Lipinski definition) is 1. The van der Waals surface area contributed by atoms with Crippen LogP contribution in [0.4, 0.5) is 0 Å². The number of rotatable bonds is 6. The summed E-state index contributed by atoms with van der Waals surface area (Å²) < 4.78 is 7.83. The van der Waals surface area contributed by atoms with Gasteiger partial charge in [0, 0.05) is 9.86 Å². The summed E-state index contributed by atoms with van der Waals surface area (Å²) in [6.45, 7) is 0.601. The molecule has 7 heteroatoms. The largest absolute Gasteiger partial charge is 0.492 e. The highest BCUT2D eigenvalue weighted by Gasteiger charge is 2.17. The molecule has 0 aliphatic rings. The number of carbonyl (C=O) groups excluding carboxylic acids is 1. The number of halogens is 1. The number of nitrogens with one attached hydrogen (secondary N) is 1. The Hall–Kier alpha value is -3.45. The molecular weight excluding hydrogens is 446 g/mol. The molecule has 1 aromatic heterocycles. The Labute approximate surface area is 181 Å². The Balaban J connectivity index is 1.57. The zero-order valence-corrected chi connectivity index (χ0v) is 17.5. The van der Waals surface area contributed by atoms with Crippen molar-refractivity contribution in [1.29, 1.82) is 0 Å². The van der Waals surface area contributed by atoms with Crippen molar-refractivity contribution in [2.45, 2.75) is 0 Å². The maximum atomic E-state index is 12.9. The molecule has 0 aliphatic heterocycles. The van der Waals surface area contributed by atoms with Crippen molar-refractivity contribution < 1.29 is 9.53 Å². The predicted octanol–water partition coefficient (Wildman–Crippen LogP) is 3.96. The van der Waals surface area contributed by atoms with Gasteiger partial charge in [-0.2, -0.15) is 9.78 Å². The fourth-order valence-electron chi connectivity index (χ4n) is 3.08. The smallest absolute Gasteiger partial charge is 0.279 e. The molecule has 0 unspecified atom stereocenters. The fourth-order valence-corrected chi connectivity index (χ4v) is 3.45. The predicted molar refractivity (Wildman–Crippen MR) is 119 cm³/mol. The van der Waals surface area contributed by atoms with E-state index in [1.807, 2.05) is 42.5 Å². The monoisotopic (exact) mass is 463 g/mol. The van der Waals surface area contributed by atoms with Crippen molar-refractivity contribution >= 4 is 32.6 Å². The summed E-state index contributed by atoms with van der Waals surface area (Å²) in [5, 5.41) is 8.14. The van der Waals surface area contributed by atoms with Crippen LogP contribution in [0.15, 0.2) is 88.1 Å². The molecule has 0 bridgehead atoms. The first-order valence-electron chi connectivity index (χ1n) is 9.37. The third kappa shape index (κ3) is 4.26. The molecule has 150 valence electrons. The second-order valence-corrected chi connectivity index (χ2v) is 7.42. The van der Waals surface area contributed by atoms with Gasteiger partial charge >= 0.3 is 0 Å². The van der Waals surface area contributed by atoms with Crippen LogP contribution in [0.5, 0.6) is 5.75 Å². The number of hydrogen-bond acceptors (Lipinski definition) is 4. The van der Waals surface area contributed by atoms with Crippen LogP contribution in [0.3, 0.4) is 0 Å². The van der Waals surface area contributed by atoms with Crippen molar-refractivity contribution in [3.8, 4) is 11.4 Å². The van der Waals surface area contributed by atoms with E-state index in [1.54, 1.807) is 36.4 Å². The quantitative estimate of drug-likeness (QED) is 0.439. The Morgan fingerprint density at radius 1 is 0.967 bits per heavy atom. The molecule has 6 nitrogen and oxygen atoms in total. The maximum absolute atomic E-state index is 12.9. The van der Waals surface area contributed by atoms with Gasteiger partial charge in [-0.1, -0.05) is 58.4 Å². The van der Waals surface area contributed by atoms with Crippen LogP contribution >= 0.6 is 15.9 Å². The highest BCUT2D eigenvalue weighted by Crippen LogP contribution is 2.18. The molecule has 0 spiro atoms. The van der Waals surface area contributed by atoms with Gasteiger partial charge in [-0.25, -0.2) is 0 Å². The lowest BCUT2D eigenvalue weighted by molar-refractivity contribution is 0.0942. The van der Waals surface area contributed by atoms with Crippen molar-refractivity contribution in [2.24, 2.45) is 0 Å². The first-order chi connectivity index (χ1) is 14.6. The summed E-state index contributed by atoms with van der Waals surface area (Å²) in [6, 6.07) is 23.5. The average Bonchev–Trinajstić information content (AvgIpc) is 2.78. The van der Waals surface area contributed by atoms with Crippen LogP contribution in [-0.4, -0.2) is 28.8 Å². The van der Waals surface area contributed by atoms with Gasteiger partial charge in [0.1, 0.15) is 12.4 Å². The Kier molecular flexibility index (Phi) is 5.90. The molecule has 0 radical (unpaired) electrons. The van der Waals surface area contributed by atoms with Gasteiger partial charge in [0.2, 0.25) is 0 Å². The van der Waals surface area contributed by atoms with Gasteiger partial charge in [-0.3, -0.25) is 9.59 Å². The molecular formula is C23H18BrN3O3. The van der Waals surface area contributed by atoms with Crippen LogP contribution < -0.4 is 15.6 Å². The van der Waals surface area contributed by atoms with Gasteiger partial charge in [-0.15, -0.1) is 0 Å². The molecule has 0 saturated carbocycles. The molecule has 1 amide bonds. The lowest BCUT2D eigenvalue weighted by Crippen LogP contribution is -2.32. The van der Waals surface area contributed by atoms with E-state index in [4.69, 9.17) is 4.74 Å². The minimum atomic E-state index is -0.367. The van der Waals surface area contributed by atoms with E-state index in [1.165, 1.54) is 4.68 Å². The van der Waals surface area contributed by atoms with Crippen LogP contribution in [-0.2, 0) is 0 Å². The lowest BCUT2D eigenvalue weighted by Gasteiger charge is -2.12. The standard InChI is InChI=1S/C23H18BrN3O3/c24-16-7-6-10-18(15-16)30-14-13-25-22(28)21-19-11-4-5-12-20(19)23(29)27(26-21)17-8-2-1-3-9-17/h1-12,15H,13-14H2,(H,25,28). The Morgan fingerprint density at radius 2 is 1.70 bits per heavy atom. The molecule has 0 saturated heterocycles. The Bertz CT molecular complexity index is 1260. The second-order valence-electron chi connectivity index (χ2n) is 6.51. The molecule has 3 aromatic carbocycles. The van der Waals surface area contributed by atoms with E-state index in [0.29, 0.717) is 35.4 Å². The summed E-state index contributed by atoms with van der Waals surface area (Å²) in [7, 11) is 0. The topological polar surface area (TPSA) is 73.2 Å². The van der Waals surface area contributed by atoms with Crippen molar-refractivity contribution in [3.63, 3.8) is 0 Å². The number of fused-ring (bicyclic) bond motifs is 1.